The molecule has 1 saturated heterocycles. The van der Waals surface area contributed by atoms with Gasteiger partial charge >= 0.3 is 24.0 Å². The Labute approximate surface area is 331 Å². The van der Waals surface area contributed by atoms with E-state index in [1.54, 1.807) is 97.0 Å². The summed E-state index contributed by atoms with van der Waals surface area (Å²) in [5.74, 6) is -4.37. The van der Waals surface area contributed by atoms with Crippen molar-refractivity contribution in [2.24, 2.45) is 16.7 Å². The fourth-order valence-corrected chi connectivity index (χ4v) is 9.57. The number of fused-ring (bicyclic) bond motifs is 5. The van der Waals surface area contributed by atoms with Crippen molar-refractivity contribution in [2.45, 2.75) is 128 Å². The molecule has 3 aliphatic carbocycles. The number of carbonyl (C=O) groups excluding carboxylic acids is 5. The number of alkyl carbamates (subject to hydrolysis) is 1. The van der Waals surface area contributed by atoms with Crippen molar-refractivity contribution in [2.75, 3.05) is 6.61 Å². The van der Waals surface area contributed by atoms with Crippen LogP contribution in [0.3, 0.4) is 0 Å². The number of ether oxygens (including phenoxy) is 5. The Kier molecular flexibility index (Phi) is 11.0. The maximum absolute atomic E-state index is 14.8. The SMILES string of the molecule is CC(=O)O[C@@]12CO[C@@H]1C[C@H](O)[C@@]1(C)CC(=O)C3=C(C)[C@@H](OC(=O)[C@H](O)[C@@H](NC(=O)OC(C)(C)C)c4ccccc4)C[C@@](O)([C@@H](OC(=O)c4ccccc4)[C@@H]12)C3(C)C. The average Bonchev–Trinajstić information content (AvgIpc) is 3.12. The first-order valence-electron chi connectivity index (χ1n) is 19.2. The smallest absolute Gasteiger partial charge is 0.408 e. The van der Waals surface area contributed by atoms with Gasteiger partial charge in [0.1, 0.15) is 29.5 Å². The summed E-state index contributed by atoms with van der Waals surface area (Å²) in [7, 11) is 0. The molecule has 3 fully saturated rings. The van der Waals surface area contributed by atoms with Crippen LogP contribution in [0.5, 0.6) is 0 Å². The fraction of sp³-hybridized carbons (Fsp3) is 0.558. The third-order valence-electron chi connectivity index (χ3n) is 12.4. The number of rotatable bonds is 8. The molecule has 4 aliphatic rings. The van der Waals surface area contributed by atoms with E-state index in [1.165, 1.54) is 19.1 Å². The molecule has 0 radical (unpaired) electrons. The predicted octanol–water partition coefficient (Wildman–Crippen LogP) is 4.29. The fourth-order valence-electron chi connectivity index (χ4n) is 9.57. The van der Waals surface area contributed by atoms with Crippen molar-refractivity contribution < 1.29 is 63.0 Å². The third kappa shape index (κ3) is 7.37. The highest BCUT2D eigenvalue weighted by molar-refractivity contribution is 5.99. The number of ketones is 1. The Morgan fingerprint density at radius 2 is 1.58 bits per heavy atom. The normalized spacial score (nSPS) is 32.8. The molecule has 10 atom stereocenters. The molecule has 1 aliphatic heterocycles. The minimum atomic E-state index is -2.25. The van der Waals surface area contributed by atoms with E-state index in [1.807, 2.05) is 0 Å². The zero-order valence-electron chi connectivity index (χ0n) is 33.6. The van der Waals surface area contributed by atoms with Crippen molar-refractivity contribution in [1.82, 2.24) is 5.32 Å². The lowest BCUT2D eigenvalue weighted by molar-refractivity contribution is -0.349. The lowest BCUT2D eigenvalue weighted by Crippen LogP contribution is -2.80. The molecule has 0 spiro atoms. The number of aliphatic hydroxyl groups excluding tert-OH is 2. The molecule has 1 amide bonds. The zero-order valence-corrected chi connectivity index (χ0v) is 33.6. The Hall–Kier alpha value is -4.63. The van der Waals surface area contributed by atoms with E-state index in [-0.39, 0.29) is 36.2 Å². The Morgan fingerprint density at radius 3 is 2.14 bits per heavy atom. The number of benzene rings is 2. The van der Waals surface area contributed by atoms with Crippen LogP contribution in [0.2, 0.25) is 0 Å². The van der Waals surface area contributed by atoms with Crippen LogP contribution in [0.25, 0.3) is 0 Å². The van der Waals surface area contributed by atoms with Crippen LogP contribution in [-0.4, -0.2) is 99.0 Å². The Bertz CT molecular complexity index is 1940. The lowest BCUT2D eigenvalue weighted by Gasteiger charge is -2.67. The van der Waals surface area contributed by atoms with Gasteiger partial charge in [-0.15, -0.1) is 0 Å². The Balaban J connectivity index is 1.46. The second kappa shape index (κ2) is 14.9. The summed E-state index contributed by atoms with van der Waals surface area (Å²) < 4.78 is 29.8. The molecular weight excluding hydrogens is 738 g/mol. The summed E-state index contributed by atoms with van der Waals surface area (Å²) in [6.07, 6.45) is -8.70. The summed E-state index contributed by atoms with van der Waals surface area (Å²) in [5.41, 5.74) is -6.70. The van der Waals surface area contributed by atoms with Gasteiger partial charge in [-0.3, -0.25) is 9.59 Å². The largest absolute Gasteiger partial charge is 0.456 e. The first kappa shape index (κ1) is 42.0. The highest BCUT2D eigenvalue weighted by Gasteiger charge is 2.76. The van der Waals surface area contributed by atoms with Crippen LogP contribution < -0.4 is 5.32 Å². The zero-order chi connectivity index (χ0) is 41.9. The van der Waals surface area contributed by atoms with Crippen molar-refractivity contribution in [3.63, 3.8) is 0 Å². The molecule has 2 aromatic rings. The summed E-state index contributed by atoms with van der Waals surface area (Å²) in [4.78, 5) is 68.7. The highest BCUT2D eigenvalue weighted by atomic mass is 16.6. The molecule has 2 aromatic carbocycles. The summed E-state index contributed by atoms with van der Waals surface area (Å²) in [5, 5.41) is 39.4. The highest BCUT2D eigenvalue weighted by Crippen LogP contribution is 2.64. The van der Waals surface area contributed by atoms with E-state index in [4.69, 9.17) is 23.7 Å². The molecular formula is C43H53NO13. The summed E-state index contributed by atoms with van der Waals surface area (Å²) in [6, 6.07) is 15.0. The van der Waals surface area contributed by atoms with Gasteiger partial charge in [0.15, 0.2) is 17.5 Å². The third-order valence-corrected chi connectivity index (χ3v) is 12.4. The van der Waals surface area contributed by atoms with Crippen molar-refractivity contribution in [3.8, 4) is 0 Å². The van der Waals surface area contributed by atoms with E-state index >= 15 is 0 Å². The average molecular weight is 792 g/mol. The molecule has 4 N–H and O–H groups in total. The molecule has 308 valence electrons. The number of carbonyl (C=O) groups is 5. The van der Waals surface area contributed by atoms with Gasteiger partial charge < -0.3 is 44.3 Å². The molecule has 14 heteroatoms. The van der Waals surface area contributed by atoms with Crippen LogP contribution in [0.15, 0.2) is 71.8 Å². The van der Waals surface area contributed by atoms with Gasteiger partial charge in [0.25, 0.3) is 0 Å². The van der Waals surface area contributed by atoms with Crippen molar-refractivity contribution in [1.29, 1.82) is 0 Å². The van der Waals surface area contributed by atoms with Gasteiger partial charge in [0.2, 0.25) is 0 Å². The van der Waals surface area contributed by atoms with Crippen molar-refractivity contribution >= 4 is 29.8 Å². The standard InChI is InChI=1S/C43H53NO13/c1-23-28(54-37(50)33(48)32(25-15-11-9-12-16-25)44-38(51)57-39(3,4)5)21-43(52)35(55-36(49)26-17-13-10-14-18-26)34-41(8,20-27(46)31(23)40(43,6)7)29(47)19-30-42(34,22-53-30)56-24(2)45/h9-18,28-30,32-35,47-48,52H,19-22H2,1-8H3,(H,44,51)/t28-,29-,30+,32-,33+,34-,35-,41+,42-,43+/m0/s1. The van der Waals surface area contributed by atoms with Crippen LogP contribution in [0.1, 0.15) is 96.6 Å². The number of hydrogen-bond acceptors (Lipinski definition) is 13. The molecule has 0 unspecified atom stereocenters. The van der Waals surface area contributed by atoms with Gasteiger partial charge in [-0.2, -0.15) is 0 Å². The van der Waals surface area contributed by atoms with Gasteiger partial charge in [0.05, 0.1) is 30.2 Å². The molecule has 2 bridgehead atoms. The molecule has 57 heavy (non-hydrogen) atoms. The molecule has 1 heterocycles. The van der Waals surface area contributed by atoms with E-state index in [2.05, 4.69) is 5.32 Å². The predicted molar refractivity (Wildman–Crippen MR) is 202 cm³/mol. The summed E-state index contributed by atoms with van der Waals surface area (Å²) in [6.45, 7) is 12.6. The van der Waals surface area contributed by atoms with Crippen LogP contribution in [-0.2, 0) is 38.1 Å². The monoisotopic (exact) mass is 791 g/mol. The number of aliphatic hydroxyl groups is 3. The van der Waals surface area contributed by atoms with Crippen molar-refractivity contribution in [3.05, 3.63) is 82.9 Å². The molecule has 2 saturated carbocycles. The first-order chi connectivity index (χ1) is 26.6. The molecule has 6 rings (SSSR count). The van der Waals surface area contributed by atoms with E-state index < -0.39 is 106 Å². The first-order valence-corrected chi connectivity index (χ1v) is 19.2. The topological polar surface area (TPSA) is 204 Å². The second-order valence-electron chi connectivity index (χ2n) is 17.6. The van der Waals surface area contributed by atoms with Gasteiger partial charge in [-0.05, 0) is 51.0 Å². The molecule has 14 nitrogen and oxygen atoms in total. The van der Waals surface area contributed by atoms with Gasteiger partial charge in [-0.25, -0.2) is 14.4 Å². The number of Topliss-reactive ketones (excluding diaryl/α,β-unsaturated/α-hetero) is 1. The summed E-state index contributed by atoms with van der Waals surface area (Å²) >= 11 is 0. The number of amides is 1. The van der Waals surface area contributed by atoms with Gasteiger partial charge in [-0.1, -0.05) is 69.3 Å². The maximum atomic E-state index is 14.8. The molecule has 0 aromatic heterocycles. The van der Waals surface area contributed by atoms with Crippen LogP contribution in [0, 0.1) is 16.7 Å². The van der Waals surface area contributed by atoms with Crippen LogP contribution in [0.4, 0.5) is 4.79 Å². The second-order valence-corrected chi connectivity index (χ2v) is 17.6. The van der Waals surface area contributed by atoms with Gasteiger partial charge in [0, 0.05) is 42.6 Å². The van der Waals surface area contributed by atoms with Crippen LogP contribution >= 0.6 is 0 Å². The van der Waals surface area contributed by atoms with E-state index in [9.17, 15) is 39.3 Å². The van der Waals surface area contributed by atoms with E-state index in [0.717, 1.165) is 0 Å². The number of esters is 3. The Morgan fingerprint density at radius 1 is 0.965 bits per heavy atom. The van der Waals surface area contributed by atoms with E-state index in [0.29, 0.717) is 5.56 Å². The number of hydrogen-bond donors (Lipinski definition) is 4. The quantitative estimate of drug-likeness (QED) is 0.218. The minimum Gasteiger partial charge on any atom is -0.456 e. The minimum absolute atomic E-state index is 0.00476. The maximum Gasteiger partial charge on any atom is 0.408 e. The lowest BCUT2D eigenvalue weighted by atomic mass is 9.45. The number of nitrogens with one attached hydrogen (secondary N) is 1.